The van der Waals surface area contributed by atoms with E-state index in [4.69, 9.17) is 18.9 Å². The van der Waals surface area contributed by atoms with Crippen molar-refractivity contribution in [3.05, 3.63) is 0 Å². The number of unbranched alkanes of at least 4 members (excludes halogenated alkanes) is 22. The molecule has 0 spiro atoms. The molecule has 1 N–H and O–H groups in total. The molecule has 0 aliphatic carbocycles. The lowest BCUT2D eigenvalue weighted by Gasteiger charge is -2.32. The summed E-state index contributed by atoms with van der Waals surface area (Å²) in [7, 11) is 5.32. The van der Waals surface area contributed by atoms with Gasteiger partial charge in [0.25, 0.3) is 0 Å². The molecule has 0 saturated carbocycles. The maximum absolute atomic E-state index is 13.5. The van der Waals surface area contributed by atoms with Gasteiger partial charge in [0.05, 0.1) is 25.0 Å². The molecule has 0 aromatic rings. The summed E-state index contributed by atoms with van der Waals surface area (Å²) >= 11 is 0. The van der Waals surface area contributed by atoms with Gasteiger partial charge in [0.1, 0.15) is 13.2 Å². The Morgan fingerprint density at radius 2 is 0.845 bits per heavy atom. The van der Waals surface area contributed by atoms with Gasteiger partial charge in [0.15, 0.2) is 0 Å². The van der Waals surface area contributed by atoms with Crippen molar-refractivity contribution in [3.63, 3.8) is 0 Å². The lowest BCUT2D eigenvalue weighted by Crippen LogP contribution is -2.47. The van der Waals surface area contributed by atoms with E-state index in [0.717, 1.165) is 84.1 Å². The minimum Gasteiger partial charge on any atom is -0.465 e. The molecule has 1 aliphatic rings. The third-order valence-corrected chi connectivity index (χ3v) is 16.2. The van der Waals surface area contributed by atoms with Gasteiger partial charge >= 0.3 is 24.1 Å². The zero-order valence-corrected chi connectivity index (χ0v) is 48.2. The molecule has 0 atom stereocenters. The topological polar surface area (TPSA) is 127 Å². The number of likely N-dealkylation sites (N-methyl/N-ethyl adjacent to an activating group) is 1. The fourth-order valence-corrected chi connectivity index (χ4v) is 10.8. The fraction of sp³-hybridized carbons (Fsp3) is 0.930. The van der Waals surface area contributed by atoms with Gasteiger partial charge in [0, 0.05) is 63.9 Å². The number of alkyl carbamates (subject to hydrolysis) is 1. The van der Waals surface area contributed by atoms with Gasteiger partial charge in [-0.25, -0.2) is 9.59 Å². The van der Waals surface area contributed by atoms with Crippen LogP contribution in [0.5, 0.6) is 0 Å². The number of esters is 2. The van der Waals surface area contributed by atoms with Gasteiger partial charge < -0.3 is 34.1 Å². The number of hydrogen-bond donors (Lipinski definition) is 1. The summed E-state index contributed by atoms with van der Waals surface area (Å²) in [4.78, 5) is 58.7. The molecule has 0 radical (unpaired) electrons. The second-order valence-corrected chi connectivity index (χ2v) is 23.0. The molecule has 0 unspecified atom stereocenters. The quantitative estimate of drug-likeness (QED) is 0.0270. The molecule has 0 aromatic carbocycles. The van der Waals surface area contributed by atoms with E-state index in [-0.39, 0.29) is 42.6 Å². The molecule has 0 bridgehead atoms. The summed E-state index contributed by atoms with van der Waals surface area (Å²) in [5.74, 6) is 1.09. The monoisotopic (exact) mass is 1040 g/mol. The first-order valence-corrected chi connectivity index (χ1v) is 32.0. The number of carbonyl (C=O) groups excluding carboxylic acids is 4. The molecule has 12 nitrogen and oxygen atoms in total. The van der Waals surface area contributed by atoms with Gasteiger partial charge in [-0.3, -0.25) is 14.5 Å². The lowest BCUT2D eigenvalue weighted by atomic mass is 9.94. The van der Waals surface area contributed by atoms with E-state index in [1.54, 1.807) is 26.5 Å². The van der Waals surface area contributed by atoms with Crippen LogP contribution in [-0.4, -0.2) is 136 Å². The highest BCUT2D eigenvalue weighted by atomic mass is 33.1. The number of amides is 2. The van der Waals surface area contributed by atoms with Crippen LogP contribution in [0.1, 0.15) is 233 Å². The van der Waals surface area contributed by atoms with Crippen LogP contribution in [-0.2, 0) is 28.5 Å². The minimum absolute atomic E-state index is 0.0281. The Kier molecular flexibility index (Phi) is 47.5. The van der Waals surface area contributed by atoms with Crippen LogP contribution >= 0.6 is 21.6 Å². The van der Waals surface area contributed by atoms with Gasteiger partial charge in [-0.1, -0.05) is 203 Å². The largest absolute Gasteiger partial charge is 0.465 e. The first-order chi connectivity index (χ1) is 34.7. The molecule has 2 amide bonds. The van der Waals surface area contributed by atoms with Gasteiger partial charge in [-0.2, -0.15) is 0 Å². The van der Waals surface area contributed by atoms with E-state index < -0.39 is 0 Å². The predicted octanol–water partition coefficient (Wildman–Crippen LogP) is 14.7. The Balaban J connectivity index is 2.65. The number of rotatable bonds is 50. The molecule has 1 heterocycles. The van der Waals surface area contributed by atoms with Crippen molar-refractivity contribution in [3.8, 4) is 0 Å². The zero-order valence-electron chi connectivity index (χ0n) is 46.6. The van der Waals surface area contributed by atoms with Crippen LogP contribution in [0.3, 0.4) is 0 Å². The molecule has 1 aliphatic heterocycles. The Morgan fingerprint density at radius 3 is 1.25 bits per heavy atom. The Morgan fingerprint density at radius 1 is 0.465 bits per heavy atom. The molecular weight excluding hydrogens is 933 g/mol. The summed E-state index contributed by atoms with van der Waals surface area (Å²) in [6.07, 6.45) is 34.8. The maximum Gasteiger partial charge on any atom is 0.409 e. The van der Waals surface area contributed by atoms with Crippen molar-refractivity contribution in [2.75, 3.05) is 97.3 Å². The second-order valence-electron chi connectivity index (χ2n) is 20.3. The van der Waals surface area contributed by atoms with E-state index in [2.05, 4.69) is 49.9 Å². The summed E-state index contributed by atoms with van der Waals surface area (Å²) in [5, 5.41) is 2.85. The third kappa shape index (κ3) is 41.1. The molecule has 1 rings (SSSR count). The standard InChI is InChI=1S/C57H110N4O8S2/c1-6-10-14-18-22-26-34-52(35-27-23-19-15-11-7-2)54(62)66-46-32-30-39-61(57(65)69-49-51-71-70-50-48-68-56(64)58-38-41-60-44-42-59(5)43-45-60)40-31-33-47-67-55(63)53(36-28-24-20-16-12-8-3)37-29-25-21-17-13-9-4/h52-53H,6-51H2,1-5H3,(H,58,64). The predicted molar refractivity (Wildman–Crippen MR) is 300 cm³/mol. The molecule has 14 heteroatoms. The first kappa shape index (κ1) is 67.1. The molecular formula is C57H110N4O8S2. The summed E-state index contributed by atoms with van der Waals surface area (Å²) in [6, 6.07) is 0. The Hall–Kier alpha value is -1.90. The number of hydrogen-bond acceptors (Lipinski definition) is 12. The fourth-order valence-electron chi connectivity index (χ4n) is 9.11. The number of piperazine rings is 1. The number of carbonyl (C=O) groups is 4. The highest BCUT2D eigenvalue weighted by Crippen LogP contribution is 2.24. The van der Waals surface area contributed by atoms with Crippen molar-refractivity contribution >= 4 is 45.7 Å². The Labute approximate surface area is 444 Å². The minimum atomic E-state index is -0.387. The molecule has 1 fully saturated rings. The molecule has 71 heavy (non-hydrogen) atoms. The summed E-state index contributed by atoms with van der Waals surface area (Å²) in [5.41, 5.74) is 0. The maximum atomic E-state index is 13.5. The second kappa shape index (κ2) is 50.3. The van der Waals surface area contributed by atoms with Crippen molar-refractivity contribution in [2.24, 2.45) is 11.8 Å². The molecule has 0 aromatic heterocycles. The van der Waals surface area contributed by atoms with Crippen molar-refractivity contribution in [2.45, 2.75) is 233 Å². The third-order valence-electron chi connectivity index (χ3n) is 13.9. The van der Waals surface area contributed by atoms with Crippen LogP contribution in [0.2, 0.25) is 0 Å². The highest BCUT2D eigenvalue weighted by molar-refractivity contribution is 8.76. The van der Waals surface area contributed by atoms with E-state index in [0.29, 0.717) is 76.6 Å². The first-order valence-electron chi connectivity index (χ1n) is 29.6. The van der Waals surface area contributed by atoms with Gasteiger partial charge in [-0.15, -0.1) is 0 Å². The van der Waals surface area contributed by atoms with Crippen LogP contribution in [0.15, 0.2) is 0 Å². The normalized spacial score (nSPS) is 13.2. The average Bonchev–Trinajstić information content (AvgIpc) is 3.37. The van der Waals surface area contributed by atoms with Gasteiger partial charge in [-0.05, 0) is 58.4 Å². The number of ether oxygens (including phenoxy) is 4. The van der Waals surface area contributed by atoms with Crippen LogP contribution < -0.4 is 5.32 Å². The lowest BCUT2D eigenvalue weighted by molar-refractivity contribution is -0.150. The molecule has 418 valence electrons. The van der Waals surface area contributed by atoms with E-state index >= 15 is 0 Å². The van der Waals surface area contributed by atoms with Crippen LogP contribution in [0.4, 0.5) is 9.59 Å². The Bertz CT molecular complexity index is 1160. The van der Waals surface area contributed by atoms with Crippen molar-refractivity contribution in [1.29, 1.82) is 0 Å². The number of nitrogens with zero attached hydrogens (tertiary/aromatic N) is 3. The summed E-state index contributed by atoms with van der Waals surface area (Å²) in [6.45, 7) is 16.8. The SMILES string of the molecule is CCCCCCCCC(CCCCCCCC)C(=O)OCCCCN(CCCCOC(=O)C(CCCCCCCC)CCCCCCCC)C(=O)OCCSSCCOC(=O)NCCN1CCN(C)CC1. The van der Waals surface area contributed by atoms with E-state index in [1.807, 2.05) is 0 Å². The number of nitrogens with one attached hydrogen (secondary N) is 1. The smallest absolute Gasteiger partial charge is 0.409 e. The van der Waals surface area contributed by atoms with Crippen LogP contribution in [0, 0.1) is 11.8 Å². The zero-order chi connectivity index (χ0) is 51.7. The van der Waals surface area contributed by atoms with E-state index in [1.165, 1.54) is 128 Å². The van der Waals surface area contributed by atoms with Crippen LogP contribution in [0.25, 0.3) is 0 Å². The van der Waals surface area contributed by atoms with Crippen molar-refractivity contribution in [1.82, 2.24) is 20.0 Å². The van der Waals surface area contributed by atoms with Crippen molar-refractivity contribution < 1.29 is 38.1 Å². The van der Waals surface area contributed by atoms with Gasteiger partial charge in [0.2, 0.25) is 0 Å². The highest BCUT2D eigenvalue weighted by Gasteiger charge is 2.22. The summed E-state index contributed by atoms with van der Waals surface area (Å²) < 4.78 is 22.9. The average molecular weight is 1040 g/mol. The van der Waals surface area contributed by atoms with E-state index in [9.17, 15) is 19.2 Å². The molecule has 1 saturated heterocycles.